The van der Waals surface area contributed by atoms with Crippen molar-refractivity contribution >= 4 is 53.8 Å². The SMILES string of the molecule is NC(C(=O)CNC(=O)OCc1ccc([N+](=O)[O-])cc1)C(=O)N1CCN(C(=O)[C@@H]2C[C@H](S)CN2C(=O)OCc2ccc([N+](=O)[O-])cc2)CC1. The monoisotopic (exact) mass is 687 g/mol. The number of non-ortho nitro benzene ring substituents is 2. The average molecular weight is 688 g/mol. The van der Waals surface area contributed by atoms with Crippen molar-refractivity contribution in [3.8, 4) is 0 Å². The number of rotatable bonds is 11. The molecule has 4 rings (SSSR count). The molecule has 0 spiro atoms. The van der Waals surface area contributed by atoms with Crippen molar-refractivity contribution in [3.05, 3.63) is 79.9 Å². The number of hydrogen-bond acceptors (Lipinski definition) is 13. The Bertz CT molecular complexity index is 1550. The summed E-state index contributed by atoms with van der Waals surface area (Å²) in [7, 11) is 0. The van der Waals surface area contributed by atoms with Gasteiger partial charge in [0, 0.05) is 62.2 Å². The van der Waals surface area contributed by atoms with E-state index in [1.165, 1.54) is 63.2 Å². The van der Waals surface area contributed by atoms with Crippen LogP contribution in [-0.2, 0) is 37.1 Å². The van der Waals surface area contributed by atoms with Crippen LogP contribution >= 0.6 is 12.6 Å². The summed E-state index contributed by atoms with van der Waals surface area (Å²) in [5.41, 5.74) is 6.67. The first-order chi connectivity index (χ1) is 22.8. The van der Waals surface area contributed by atoms with Crippen LogP contribution in [-0.4, -0.2) is 111 Å². The van der Waals surface area contributed by atoms with E-state index in [2.05, 4.69) is 17.9 Å². The number of alkyl carbamates (subject to hydrolysis) is 1. The van der Waals surface area contributed by atoms with Gasteiger partial charge in [-0.25, -0.2) is 9.59 Å². The van der Waals surface area contributed by atoms with Gasteiger partial charge in [0.15, 0.2) is 5.78 Å². The fourth-order valence-corrected chi connectivity index (χ4v) is 5.44. The van der Waals surface area contributed by atoms with Crippen molar-refractivity contribution in [2.45, 2.75) is 37.0 Å². The Hall–Kier alpha value is -5.30. The van der Waals surface area contributed by atoms with Gasteiger partial charge >= 0.3 is 12.2 Å². The van der Waals surface area contributed by atoms with Crippen LogP contribution in [0.25, 0.3) is 0 Å². The molecule has 2 fully saturated rings. The second-order valence-electron chi connectivity index (χ2n) is 11.0. The smallest absolute Gasteiger partial charge is 0.410 e. The Morgan fingerprint density at radius 1 is 0.854 bits per heavy atom. The molecule has 2 saturated heterocycles. The number of carbonyl (C=O) groups is 5. The van der Waals surface area contributed by atoms with Crippen LogP contribution in [0, 0.1) is 20.2 Å². The van der Waals surface area contributed by atoms with E-state index in [0.717, 1.165) is 0 Å². The van der Waals surface area contributed by atoms with Gasteiger partial charge in [-0.15, -0.1) is 0 Å². The third-order valence-electron chi connectivity index (χ3n) is 7.75. The van der Waals surface area contributed by atoms with Gasteiger partial charge in [0.05, 0.1) is 16.4 Å². The molecule has 4 amide bonds. The molecule has 0 radical (unpaired) electrons. The number of nitro groups is 2. The second kappa shape index (κ2) is 16.0. The fourth-order valence-electron chi connectivity index (χ4n) is 5.07. The van der Waals surface area contributed by atoms with Crippen molar-refractivity contribution in [1.82, 2.24) is 20.0 Å². The molecule has 19 heteroatoms. The maximum atomic E-state index is 13.4. The molecule has 0 aromatic heterocycles. The van der Waals surface area contributed by atoms with Gasteiger partial charge in [0.2, 0.25) is 11.8 Å². The number of nitro benzene ring substituents is 2. The van der Waals surface area contributed by atoms with Crippen LogP contribution in [0.2, 0.25) is 0 Å². The number of thiol groups is 1. The molecule has 2 aromatic carbocycles. The van der Waals surface area contributed by atoms with E-state index in [-0.39, 0.29) is 74.9 Å². The fraction of sp³-hybridized carbons (Fsp3) is 0.414. The van der Waals surface area contributed by atoms with Crippen molar-refractivity contribution < 1.29 is 43.3 Å². The van der Waals surface area contributed by atoms with E-state index in [9.17, 15) is 44.2 Å². The molecular weight excluding hydrogens is 654 g/mol. The molecule has 18 nitrogen and oxygen atoms in total. The van der Waals surface area contributed by atoms with E-state index in [1.807, 2.05) is 0 Å². The zero-order valence-corrected chi connectivity index (χ0v) is 26.4. The third kappa shape index (κ3) is 9.16. The van der Waals surface area contributed by atoms with E-state index < -0.39 is 52.4 Å². The molecule has 2 aliphatic rings. The first kappa shape index (κ1) is 35.6. The maximum absolute atomic E-state index is 13.4. The molecule has 2 heterocycles. The number of hydrogen-bond donors (Lipinski definition) is 3. The molecule has 1 unspecified atom stereocenters. The zero-order valence-electron chi connectivity index (χ0n) is 25.5. The van der Waals surface area contributed by atoms with Crippen LogP contribution < -0.4 is 11.1 Å². The average Bonchev–Trinajstić information content (AvgIpc) is 3.49. The lowest BCUT2D eigenvalue weighted by Crippen LogP contribution is -2.59. The number of nitrogens with zero attached hydrogens (tertiary/aromatic N) is 5. The van der Waals surface area contributed by atoms with E-state index in [1.54, 1.807) is 0 Å². The predicted molar refractivity (Wildman–Crippen MR) is 169 cm³/mol. The van der Waals surface area contributed by atoms with Gasteiger partial charge in [-0.1, -0.05) is 0 Å². The number of benzene rings is 2. The molecule has 3 N–H and O–H groups in total. The zero-order chi connectivity index (χ0) is 35.0. The van der Waals surface area contributed by atoms with Crippen LogP contribution in [0.3, 0.4) is 0 Å². The minimum Gasteiger partial charge on any atom is -0.445 e. The number of likely N-dealkylation sites (tertiary alicyclic amines) is 1. The van der Waals surface area contributed by atoms with Gasteiger partial charge < -0.3 is 30.3 Å². The Morgan fingerprint density at radius 3 is 1.88 bits per heavy atom. The Balaban J connectivity index is 1.20. The Morgan fingerprint density at radius 2 is 1.35 bits per heavy atom. The van der Waals surface area contributed by atoms with Crippen LogP contribution in [0.4, 0.5) is 21.0 Å². The van der Waals surface area contributed by atoms with E-state index >= 15 is 0 Å². The highest BCUT2D eigenvalue weighted by atomic mass is 32.1. The minimum absolute atomic E-state index is 0.0812. The molecule has 2 aromatic rings. The highest BCUT2D eigenvalue weighted by molar-refractivity contribution is 7.81. The van der Waals surface area contributed by atoms with Crippen LogP contribution in [0.1, 0.15) is 17.5 Å². The quantitative estimate of drug-likeness (QED) is 0.130. The summed E-state index contributed by atoms with van der Waals surface area (Å²) in [5.74, 6) is -1.79. The normalized spacial score (nSPS) is 18.1. The van der Waals surface area contributed by atoms with Crippen molar-refractivity contribution in [2.24, 2.45) is 5.73 Å². The second-order valence-corrected chi connectivity index (χ2v) is 11.7. The van der Waals surface area contributed by atoms with Gasteiger partial charge in [0.1, 0.15) is 25.3 Å². The first-order valence-electron chi connectivity index (χ1n) is 14.7. The summed E-state index contributed by atoms with van der Waals surface area (Å²) < 4.78 is 10.3. The highest BCUT2D eigenvalue weighted by Gasteiger charge is 2.42. The molecule has 0 bridgehead atoms. The number of ether oxygens (including phenoxy) is 2. The molecular formula is C29H33N7O11S. The predicted octanol–water partition coefficient (Wildman–Crippen LogP) is 1.01. The molecule has 0 saturated carbocycles. The van der Waals surface area contributed by atoms with Crippen LogP contribution in [0.5, 0.6) is 0 Å². The van der Waals surface area contributed by atoms with Crippen molar-refractivity contribution in [3.63, 3.8) is 0 Å². The lowest BCUT2D eigenvalue weighted by Gasteiger charge is -2.37. The number of carbonyl (C=O) groups excluding carboxylic acids is 5. The van der Waals surface area contributed by atoms with Gasteiger partial charge in [-0.2, -0.15) is 12.6 Å². The number of Topliss-reactive ketones (excluding diaryl/α,β-unsaturated/α-hetero) is 1. The summed E-state index contributed by atoms with van der Waals surface area (Å²) >= 11 is 4.45. The van der Waals surface area contributed by atoms with Crippen LogP contribution in [0.15, 0.2) is 48.5 Å². The molecule has 48 heavy (non-hydrogen) atoms. The van der Waals surface area contributed by atoms with Crippen molar-refractivity contribution in [2.75, 3.05) is 39.3 Å². The molecule has 3 atom stereocenters. The molecule has 256 valence electrons. The Labute approximate surface area is 278 Å². The molecule has 0 aliphatic carbocycles. The minimum atomic E-state index is -1.57. The number of nitrogens with two attached hydrogens (primary N) is 1. The Kier molecular flexibility index (Phi) is 11.9. The summed E-state index contributed by atoms with van der Waals surface area (Å²) in [6.45, 7) is -0.349. The topological polar surface area (TPSA) is 238 Å². The van der Waals surface area contributed by atoms with E-state index in [4.69, 9.17) is 15.2 Å². The summed E-state index contributed by atoms with van der Waals surface area (Å²) in [6, 6.07) is 8.47. The lowest BCUT2D eigenvalue weighted by atomic mass is 10.1. The van der Waals surface area contributed by atoms with Crippen molar-refractivity contribution in [1.29, 1.82) is 0 Å². The summed E-state index contributed by atoms with van der Waals surface area (Å²) in [6.07, 6.45) is -1.39. The molecule has 2 aliphatic heterocycles. The summed E-state index contributed by atoms with van der Waals surface area (Å²) in [5, 5.41) is 23.5. The van der Waals surface area contributed by atoms with Gasteiger partial charge in [-0.05, 0) is 41.8 Å². The number of nitrogens with one attached hydrogen (secondary N) is 1. The maximum Gasteiger partial charge on any atom is 0.410 e. The van der Waals surface area contributed by atoms with Gasteiger partial charge in [0.25, 0.3) is 11.4 Å². The number of amides is 4. The first-order valence-corrected chi connectivity index (χ1v) is 15.2. The summed E-state index contributed by atoms with van der Waals surface area (Å²) in [4.78, 5) is 88.3. The third-order valence-corrected chi connectivity index (χ3v) is 8.12. The highest BCUT2D eigenvalue weighted by Crippen LogP contribution is 2.25. The number of piperazine rings is 1. The number of ketones is 1. The van der Waals surface area contributed by atoms with Gasteiger partial charge in [-0.3, -0.25) is 39.5 Å². The standard InChI is InChI=1S/C29H33N7O11S/c30-25(24(37)14-31-28(40)46-16-18-1-5-20(6-2-18)35(42)43)27(39)33-11-9-32(10-12-33)26(38)23-13-22(48)15-34(23)29(41)47-17-19-3-7-21(8-4-19)36(44)45/h1-8,22-23,25,48H,9-17,30H2,(H,31,40)/t22-,23-,25?/m0/s1. The largest absolute Gasteiger partial charge is 0.445 e. The van der Waals surface area contributed by atoms with E-state index in [0.29, 0.717) is 11.1 Å². The lowest BCUT2D eigenvalue weighted by molar-refractivity contribution is -0.385.